The first-order valence-corrected chi connectivity index (χ1v) is 12.7. The zero-order chi connectivity index (χ0) is 26.4. The number of thioether (sulfide) groups is 1. The number of nitrogens with one attached hydrogen (secondary N) is 4. The van der Waals surface area contributed by atoms with E-state index in [1.54, 1.807) is 11.8 Å². The Balaban J connectivity index is 3.02. The largest absolute Gasteiger partial charge is 0.480 e. The average Bonchev–Trinajstić information content (AvgIpc) is 3.32. The van der Waals surface area contributed by atoms with Gasteiger partial charge in [0.25, 0.3) is 0 Å². The van der Waals surface area contributed by atoms with Crippen LogP contribution >= 0.6 is 11.8 Å². The predicted molar refractivity (Wildman–Crippen MR) is 131 cm³/mol. The molecular weight excluding hydrogens is 478 g/mol. The third-order valence-corrected chi connectivity index (χ3v) is 5.85. The fourth-order valence-electron chi connectivity index (χ4n) is 3.16. The summed E-state index contributed by atoms with van der Waals surface area (Å²) in [6, 6.07) is -4.54. The number of nitrogens with zero attached hydrogens (tertiary/aromatic N) is 1. The molecule has 1 aromatic heterocycles. The summed E-state index contributed by atoms with van der Waals surface area (Å²) in [5, 5.41) is 26.4. The lowest BCUT2D eigenvalue weighted by Crippen LogP contribution is -2.58. The molecule has 10 N–H and O–H groups in total. The number of H-pyrrole nitrogens is 1. The second kappa shape index (κ2) is 16.1. The summed E-state index contributed by atoms with van der Waals surface area (Å²) in [4.78, 5) is 56.7. The summed E-state index contributed by atoms with van der Waals surface area (Å²) < 4.78 is 0. The van der Waals surface area contributed by atoms with Gasteiger partial charge in [0.2, 0.25) is 17.7 Å². The number of imidazole rings is 1. The lowest BCUT2D eigenvalue weighted by atomic mass is 10.0. The highest BCUT2D eigenvalue weighted by Gasteiger charge is 2.32. The Kier molecular flexibility index (Phi) is 13.9. The van der Waals surface area contributed by atoms with Crippen LogP contribution in [0.15, 0.2) is 12.5 Å². The maximum atomic E-state index is 13.2. The number of aliphatic hydroxyl groups excluding tert-OH is 1. The zero-order valence-corrected chi connectivity index (χ0v) is 20.8. The minimum atomic E-state index is -1.55. The van der Waals surface area contributed by atoms with E-state index in [-0.39, 0.29) is 12.8 Å². The van der Waals surface area contributed by atoms with E-state index in [9.17, 15) is 29.4 Å². The molecule has 198 valence electrons. The van der Waals surface area contributed by atoms with E-state index in [2.05, 4.69) is 25.9 Å². The maximum absolute atomic E-state index is 13.2. The summed E-state index contributed by atoms with van der Waals surface area (Å²) in [7, 11) is 0. The highest BCUT2D eigenvalue weighted by Crippen LogP contribution is 2.07. The topological polar surface area (TPSA) is 226 Å². The molecule has 0 saturated carbocycles. The third-order valence-electron chi connectivity index (χ3n) is 5.21. The molecule has 3 amide bonds. The zero-order valence-electron chi connectivity index (χ0n) is 20.0. The van der Waals surface area contributed by atoms with Gasteiger partial charge in [-0.15, -0.1) is 0 Å². The van der Waals surface area contributed by atoms with Gasteiger partial charge in [-0.2, -0.15) is 11.8 Å². The van der Waals surface area contributed by atoms with E-state index < -0.39 is 54.0 Å². The van der Waals surface area contributed by atoms with Gasteiger partial charge in [0, 0.05) is 18.3 Å². The normalized spacial score (nSPS) is 15.3. The molecule has 1 rings (SSSR count). The van der Waals surface area contributed by atoms with E-state index in [0.717, 1.165) is 0 Å². The lowest BCUT2D eigenvalue weighted by Gasteiger charge is -2.25. The van der Waals surface area contributed by atoms with Crippen LogP contribution in [-0.4, -0.2) is 92.7 Å². The molecule has 0 fully saturated rings. The second-order valence-corrected chi connectivity index (χ2v) is 9.13. The molecule has 0 aliphatic carbocycles. The van der Waals surface area contributed by atoms with Crippen LogP contribution in [-0.2, 0) is 25.6 Å². The van der Waals surface area contributed by atoms with E-state index in [0.29, 0.717) is 37.3 Å². The molecule has 1 heterocycles. The molecule has 0 radical (unpaired) electrons. The van der Waals surface area contributed by atoms with Crippen molar-refractivity contribution in [3.05, 3.63) is 18.2 Å². The first-order valence-electron chi connectivity index (χ1n) is 11.3. The number of nitrogens with two attached hydrogens (primary N) is 2. The number of aliphatic carboxylic acids is 1. The number of amides is 3. The Morgan fingerprint density at radius 3 is 2.29 bits per heavy atom. The first kappa shape index (κ1) is 30.4. The van der Waals surface area contributed by atoms with Crippen LogP contribution in [0.3, 0.4) is 0 Å². The van der Waals surface area contributed by atoms with E-state index in [1.807, 2.05) is 6.26 Å². The van der Waals surface area contributed by atoms with Crippen LogP contribution in [0.25, 0.3) is 0 Å². The summed E-state index contributed by atoms with van der Waals surface area (Å²) in [6.45, 7) is 1.61. The Morgan fingerprint density at radius 1 is 1.09 bits per heavy atom. The minimum absolute atomic E-state index is 0.0649. The minimum Gasteiger partial charge on any atom is -0.480 e. The molecule has 5 atom stereocenters. The van der Waals surface area contributed by atoms with Crippen molar-refractivity contribution in [2.24, 2.45) is 11.5 Å². The van der Waals surface area contributed by atoms with Gasteiger partial charge >= 0.3 is 5.97 Å². The highest BCUT2D eigenvalue weighted by atomic mass is 32.2. The van der Waals surface area contributed by atoms with Gasteiger partial charge < -0.3 is 42.6 Å². The summed E-state index contributed by atoms with van der Waals surface area (Å²) in [5.74, 6) is -2.68. The van der Waals surface area contributed by atoms with Gasteiger partial charge in [0.15, 0.2) is 6.04 Å². The molecule has 35 heavy (non-hydrogen) atoms. The molecule has 0 saturated heterocycles. The van der Waals surface area contributed by atoms with Crippen LogP contribution in [0, 0.1) is 0 Å². The number of aromatic nitrogens is 2. The molecule has 0 aliphatic rings. The molecule has 1 aromatic rings. The van der Waals surface area contributed by atoms with Crippen molar-refractivity contribution in [1.29, 1.82) is 0 Å². The van der Waals surface area contributed by atoms with Crippen LogP contribution in [0.1, 0.15) is 38.3 Å². The van der Waals surface area contributed by atoms with Crippen molar-refractivity contribution in [3.63, 3.8) is 0 Å². The van der Waals surface area contributed by atoms with Crippen LogP contribution in [0.2, 0.25) is 0 Å². The summed E-state index contributed by atoms with van der Waals surface area (Å²) in [5.41, 5.74) is 12.0. The Bertz CT molecular complexity index is 808. The number of carboxylic acids is 1. The van der Waals surface area contributed by atoms with Crippen molar-refractivity contribution in [1.82, 2.24) is 25.9 Å². The van der Waals surface area contributed by atoms with Crippen molar-refractivity contribution >= 4 is 35.5 Å². The van der Waals surface area contributed by atoms with Gasteiger partial charge in [-0.1, -0.05) is 0 Å². The van der Waals surface area contributed by atoms with Gasteiger partial charge in [0.05, 0.1) is 18.5 Å². The fraction of sp³-hybridized carbons (Fsp3) is 0.667. The average molecular weight is 516 g/mol. The smallest absolute Gasteiger partial charge is 0.328 e. The molecule has 0 aliphatic heterocycles. The molecule has 5 unspecified atom stereocenters. The SMILES string of the molecule is CSCCC(N)C(=O)NC(Cc1cnc[nH]1)C(=O)NC(CCCCN)C(=O)NC(C(=O)O)C(C)O. The highest BCUT2D eigenvalue weighted by molar-refractivity contribution is 7.98. The Labute approximate surface area is 208 Å². The van der Waals surface area contributed by atoms with Gasteiger partial charge in [-0.3, -0.25) is 14.4 Å². The van der Waals surface area contributed by atoms with E-state index in [4.69, 9.17) is 11.5 Å². The van der Waals surface area contributed by atoms with Gasteiger partial charge in [-0.25, -0.2) is 9.78 Å². The number of unbranched alkanes of at least 4 members (excludes halogenated alkanes) is 1. The fourth-order valence-corrected chi connectivity index (χ4v) is 3.65. The number of carbonyl (C=O) groups excluding carboxylic acids is 3. The maximum Gasteiger partial charge on any atom is 0.328 e. The van der Waals surface area contributed by atoms with E-state index >= 15 is 0 Å². The quantitative estimate of drug-likeness (QED) is 0.107. The Hall–Kier alpha value is -2.68. The van der Waals surface area contributed by atoms with Crippen molar-refractivity contribution in [2.75, 3.05) is 18.6 Å². The second-order valence-electron chi connectivity index (χ2n) is 8.14. The molecule has 14 heteroatoms. The van der Waals surface area contributed by atoms with Crippen molar-refractivity contribution in [2.45, 2.75) is 69.3 Å². The van der Waals surface area contributed by atoms with Crippen LogP contribution in [0.4, 0.5) is 0 Å². The van der Waals surface area contributed by atoms with Crippen molar-refractivity contribution < 1.29 is 29.4 Å². The van der Waals surface area contributed by atoms with Crippen LogP contribution in [0.5, 0.6) is 0 Å². The summed E-state index contributed by atoms with van der Waals surface area (Å²) >= 11 is 1.54. The predicted octanol–water partition coefficient (Wildman–Crippen LogP) is -1.92. The molecule has 13 nitrogen and oxygen atoms in total. The number of hydrogen-bond acceptors (Lipinski definition) is 9. The van der Waals surface area contributed by atoms with E-state index in [1.165, 1.54) is 19.4 Å². The molecule has 0 aromatic carbocycles. The lowest BCUT2D eigenvalue weighted by molar-refractivity contribution is -0.145. The first-order chi connectivity index (χ1) is 16.6. The molecular formula is C21H37N7O6S. The van der Waals surface area contributed by atoms with Gasteiger partial charge in [0.1, 0.15) is 12.1 Å². The van der Waals surface area contributed by atoms with Crippen LogP contribution < -0.4 is 27.4 Å². The third kappa shape index (κ3) is 11.1. The number of aliphatic hydroxyl groups is 1. The number of carboxylic acid groups (broad SMARTS) is 1. The molecule has 0 spiro atoms. The summed E-state index contributed by atoms with van der Waals surface area (Å²) in [6.07, 6.45) is 5.20. The van der Waals surface area contributed by atoms with Gasteiger partial charge in [-0.05, 0) is 51.2 Å². The monoisotopic (exact) mass is 515 g/mol. The number of hydrogen-bond donors (Lipinski definition) is 8. The Morgan fingerprint density at radius 2 is 1.74 bits per heavy atom. The standard InChI is InChI=1S/C21H37N7O6S/c1-12(29)17(21(33)34)28-19(31)15(5-3-4-7-22)26-20(32)16(9-13-10-24-11-25-13)27-18(30)14(23)6-8-35-2/h10-12,14-17,29H,3-9,22-23H2,1-2H3,(H,24,25)(H,26,32)(H,27,30)(H,28,31)(H,33,34). The number of rotatable bonds is 17. The number of aromatic amines is 1. The molecule has 0 bridgehead atoms. The van der Waals surface area contributed by atoms with Crippen molar-refractivity contribution in [3.8, 4) is 0 Å². The number of carbonyl (C=O) groups is 4.